The number of pyridine rings is 1. The minimum absolute atomic E-state index is 0.177. The lowest BCUT2D eigenvalue weighted by molar-refractivity contribution is -0.114. The fourth-order valence-corrected chi connectivity index (χ4v) is 0.795. The van der Waals surface area contributed by atoms with Crippen molar-refractivity contribution in [3.8, 4) is 5.75 Å². The summed E-state index contributed by atoms with van der Waals surface area (Å²) < 4.78 is 4.75. The van der Waals surface area contributed by atoms with Crippen LogP contribution >= 0.6 is 0 Å². The molecule has 0 spiro atoms. The van der Waals surface area contributed by atoms with Crippen LogP contribution in [0, 0.1) is 0 Å². The third-order valence-electron chi connectivity index (χ3n) is 1.27. The summed E-state index contributed by atoms with van der Waals surface area (Å²) in [4.78, 5) is 14.5. The lowest BCUT2D eigenvalue weighted by atomic mass is 10.3. The van der Waals surface area contributed by atoms with Crippen molar-refractivity contribution in [3.05, 3.63) is 18.3 Å². The van der Waals surface area contributed by atoms with Gasteiger partial charge in [-0.05, 0) is 12.1 Å². The number of carbonyl (C=O) groups is 1. The number of amides is 1. The van der Waals surface area contributed by atoms with Crippen molar-refractivity contribution >= 4 is 19.4 Å². The topological polar surface area (TPSA) is 71.5 Å². The van der Waals surface area contributed by atoms with Gasteiger partial charge in [-0.15, -0.1) is 0 Å². The fourth-order valence-electron chi connectivity index (χ4n) is 0.795. The monoisotopic (exact) mass is 180 g/mol. The maximum absolute atomic E-state index is 10.6. The van der Waals surface area contributed by atoms with E-state index in [0.717, 1.165) is 0 Å². The van der Waals surface area contributed by atoms with E-state index in [-0.39, 0.29) is 13.6 Å². The molecule has 0 radical (unpaired) electrons. The molecule has 1 aromatic rings. The lowest BCUT2D eigenvalue weighted by Gasteiger charge is -2.03. The first-order chi connectivity index (χ1) is 6.22. The molecule has 0 aliphatic rings. The Morgan fingerprint density at radius 2 is 2.46 bits per heavy atom. The van der Waals surface area contributed by atoms with E-state index in [1.807, 2.05) is 0 Å². The summed E-state index contributed by atoms with van der Waals surface area (Å²) in [5, 5.41) is 10.9. The molecule has 2 N–H and O–H groups in total. The first-order valence-electron chi connectivity index (χ1n) is 3.69. The molecule has 0 unspecified atom stereocenters. The van der Waals surface area contributed by atoms with Crippen LogP contribution < -0.4 is 9.97 Å². The molecule has 1 aromatic heterocycles. The van der Waals surface area contributed by atoms with E-state index in [4.69, 9.17) is 9.68 Å². The van der Waals surface area contributed by atoms with Gasteiger partial charge in [0.05, 0.1) is 6.20 Å². The third-order valence-corrected chi connectivity index (χ3v) is 1.27. The third kappa shape index (κ3) is 3.12. The molecule has 13 heavy (non-hydrogen) atoms. The largest absolute Gasteiger partial charge is 0.538 e. The van der Waals surface area contributed by atoms with Gasteiger partial charge in [0.15, 0.2) is 0 Å². The molecule has 0 saturated carbocycles. The summed E-state index contributed by atoms with van der Waals surface area (Å²) in [5.41, 5.74) is 0. The summed E-state index contributed by atoms with van der Waals surface area (Å²) in [6.07, 6.45) is 1.42. The molecule has 0 aliphatic carbocycles. The minimum atomic E-state index is -0.388. The highest BCUT2D eigenvalue weighted by Crippen LogP contribution is 2.10. The second-order valence-corrected chi connectivity index (χ2v) is 2.33. The molecule has 5 nitrogen and oxygen atoms in total. The predicted octanol–water partition coefficient (Wildman–Crippen LogP) is -0.322. The minimum Gasteiger partial charge on any atom is -0.538 e. The van der Waals surface area contributed by atoms with Gasteiger partial charge in [0.1, 0.15) is 11.6 Å². The van der Waals surface area contributed by atoms with Crippen molar-refractivity contribution in [1.29, 1.82) is 0 Å². The van der Waals surface area contributed by atoms with Gasteiger partial charge in [-0.2, -0.15) is 0 Å². The van der Waals surface area contributed by atoms with E-state index in [9.17, 15) is 4.79 Å². The van der Waals surface area contributed by atoms with Crippen molar-refractivity contribution < 1.29 is 14.5 Å². The Kier molecular flexibility index (Phi) is 3.27. The molecule has 0 saturated heterocycles. The molecule has 0 aliphatic heterocycles. The molecular formula is C7H9BN2O3. The van der Waals surface area contributed by atoms with Gasteiger partial charge in [0.2, 0.25) is 5.91 Å². The van der Waals surface area contributed by atoms with Gasteiger partial charge in [0, 0.05) is 6.92 Å². The van der Waals surface area contributed by atoms with E-state index in [1.54, 1.807) is 12.1 Å². The number of nitrogens with zero attached hydrogens (tertiary/aromatic N) is 1. The van der Waals surface area contributed by atoms with Crippen molar-refractivity contribution in [3.63, 3.8) is 0 Å². The summed E-state index contributed by atoms with van der Waals surface area (Å²) in [5.74, 6) is 0.734. The Morgan fingerprint density at radius 1 is 1.69 bits per heavy atom. The van der Waals surface area contributed by atoms with E-state index >= 15 is 0 Å². The summed E-state index contributed by atoms with van der Waals surface area (Å²) in [6, 6.07) is 3.20. The molecule has 1 heterocycles. The standard InChI is InChI=1S/C7H9BN2O3/c1-5(11)10-7-3-2-6(4-9-7)13-8-12/h2-4,8,12H,1H3,(H,9,10,11). The van der Waals surface area contributed by atoms with Crippen LogP contribution in [-0.2, 0) is 4.79 Å². The molecular weight excluding hydrogens is 171 g/mol. The average Bonchev–Trinajstić information content (AvgIpc) is 2.08. The zero-order chi connectivity index (χ0) is 9.68. The van der Waals surface area contributed by atoms with Gasteiger partial charge in [0.25, 0.3) is 0 Å². The van der Waals surface area contributed by atoms with Crippen LogP contribution in [0.15, 0.2) is 18.3 Å². The van der Waals surface area contributed by atoms with Crippen LogP contribution in [0.4, 0.5) is 5.82 Å². The first kappa shape index (κ1) is 9.53. The highest BCUT2D eigenvalue weighted by Gasteiger charge is 1.97. The molecule has 0 atom stereocenters. The Balaban J connectivity index is 2.64. The lowest BCUT2D eigenvalue weighted by Crippen LogP contribution is -2.07. The van der Waals surface area contributed by atoms with Crippen LogP contribution in [0.3, 0.4) is 0 Å². The Hall–Kier alpha value is -1.56. The van der Waals surface area contributed by atoms with Gasteiger partial charge in [-0.25, -0.2) is 4.98 Å². The number of nitrogens with one attached hydrogen (secondary N) is 1. The smallest absolute Gasteiger partial charge is 0.504 e. The molecule has 0 aromatic carbocycles. The van der Waals surface area contributed by atoms with Crippen LogP contribution in [0.25, 0.3) is 0 Å². The van der Waals surface area contributed by atoms with Crippen LogP contribution in [0.5, 0.6) is 5.75 Å². The maximum atomic E-state index is 10.6. The van der Waals surface area contributed by atoms with Crippen LogP contribution in [0.1, 0.15) is 6.92 Å². The van der Waals surface area contributed by atoms with Crippen molar-refractivity contribution in [2.45, 2.75) is 6.92 Å². The van der Waals surface area contributed by atoms with Crippen LogP contribution in [-0.4, -0.2) is 23.6 Å². The van der Waals surface area contributed by atoms with E-state index in [2.05, 4.69) is 10.3 Å². The van der Waals surface area contributed by atoms with Gasteiger partial charge in [-0.3, -0.25) is 4.79 Å². The SMILES string of the molecule is CC(=O)Nc1ccc(OBO)cn1. The Labute approximate surface area is 76.1 Å². The quantitative estimate of drug-likeness (QED) is 0.625. The summed E-state index contributed by atoms with van der Waals surface area (Å²) in [7, 11) is -0.388. The fraction of sp³-hybridized carbons (Fsp3) is 0.143. The van der Waals surface area contributed by atoms with E-state index < -0.39 is 0 Å². The van der Waals surface area contributed by atoms with E-state index in [1.165, 1.54) is 13.1 Å². The predicted molar refractivity (Wildman–Crippen MR) is 48.5 cm³/mol. The molecule has 6 heteroatoms. The summed E-state index contributed by atoms with van der Waals surface area (Å²) in [6.45, 7) is 1.40. The molecule has 1 amide bonds. The van der Waals surface area contributed by atoms with Crippen molar-refractivity contribution in [2.75, 3.05) is 5.32 Å². The number of anilines is 1. The Morgan fingerprint density at radius 3 is 2.92 bits per heavy atom. The van der Waals surface area contributed by atoms with Gasteiger partial charge < -0.3 is 15.0 Å². The second-order valence-electron chi connectivity index (χ2n) is 2.33. The van der Waals surface area contributed by atoms with Crippen molar-refractivity contribution in [2.24, 2.45) is 0 Å². The molecule has 0 fully saturated rings. The van der Waals surface area contributed by atoms with Gasteiger partial charge in [-0.1, -0.05) is 0 Å². The van der Waals surface area contributed by atoms with Gasteiger partial charge >= 0.3 is 7.69 Å². The number of aromatic nitrogens is 1. The van der Waals surface area contributed by atoms with E-state index in [0.29, 0.717) is 11.6 Å². The maximum Gasteiger partial charge on any atom is 0.504 e. The highest BCUT2D eigenvalue weighted by atomic mass is 16.5. The molecule has 1 rings (SSSR count). The van der Waals surface area contributed by atoms with Crippen LogP contribution in [0.2, 0.25) is 0 Å². The number of rotatable bonds is 3. The average molecular weight is 180 g/mol. The first-order valence-corrected chi connectivity index (χ1v) is 3.69. The number of carbonyl (C=O) groups excluding carboxylic acids is 1. The zero-order valence-electron chi connectivity index (χ0n) is 7.15. The normalized spacial score (nSPS) is 9.08. The number of hydrogen-bond donors (Lipinski definition) is 2. The molecule has 68 valence electrons. The Bertz CT molecular complexity index is 288. The summed E-state index contributed by atoms with van der Waals surface area (Å²) >= 11 is 0. The second kappa shape index (κ2) is 4.47. The molecule has 0 bridgehead atoms. The van der Waals surface area contributed by atoms with Crippen molar-refractivity contribution in [1.82, 2.24) is 4.98 Å². The zero-order valence-corrected chi connectivity index (χ0v) is 7.15. The number of hydrogen-bond acceptors (Lipinski definition) is 4. The highest BCUT2D eigenvalue weighted by molar-refractivity contribution is 6.17.